The highest BCUT2D eigenvalue weighted by Crippen LogP contribution is 2.30. The van der Waals surface area contributed by atoms with E-state index in [2.05, 4.69) is 17.0 Å². The molecule has 2 aromatic rings. The second-order valence-corrected chi connectivity index (χ2v) is 6.28. The minimum atomic E-state index is -1.21. The molecule has 28 heavy (non-hydrogen) atoms. The zero-order valence-corrected chi connectivity index (χ0v) is 15.7. The number of ether oxygens (including phenoxy) is 2. The molecule has 3 amide bonds. The molecule has 0 saturated carbocycles. The Morgan fingerprint density at radius 2 is 1.89 bits per heavy atom. The monoisotopic (exact) mass is 379 g/mol. The summed E-state index contributed by atoms with van der Waals surface area (Å²) in [6, 6.07) is 13.5. The minimum Gasteiger partial charge on any atom is -0.497 e. The first-order valence-corrected chi connectivity index (χ1v) is 8.67. The van der Waals surface area contributed by atoms with Crippen LogP contribution in [0.25, 0.3) is 0 Å². The quantitative estimate of drug-likeness (QED) is 0.455. The number of para-hydroxylation sites is 1. The van der Waals surface area contributed by atoms with Crippen molar-refractivity contribution in [2.75, 3.05) is 13.7 Å². The summed E-state index contributed by atoms with van der Waals surface area (Å²) in [4.78, 5) is 25.3. The van der Waals surface area contributed by atoms with E-state index in [4.69, 9.17) is 9.47 Å². The maximum absolute atomic E-state index is 12.9. The number of hydrogen-bond acceptors (Lipinski definition) is 5. The molecule has 1 saturated heterocycles. The van der Waals surface area contributed by atoms with Gasteiger partial charge in [0.1, 0.15) is 23.6 Å². The molecule has 144 valence electrons. The molecule has 0 radical (unpaired) electrons. The summed E-state index contributed by atoms with van der Waals surface area (Å²) in [5, 5.41) is 7.63. The van der Waals surface area contributed by atoms with Crippen LogP contribution >= 0.6 is 0 Å². The van der Waals surface area contributed by atoms with Crippen molar-refractivity contribution in [3.8, 4) is 11.5 Å². The van der Waals surface area contributed by atoms with Crippen LogP contribution < -0.4 is 14.8 Å². The van der Waals surface area contributed by atoms with Crippen molar-refractivity contribution in [3.05, 3.63) is 72.3 Å². The van der Waals surface area contributed by atoms with E-state index < -0.39 is 17.5 Å². The first-order chi connectivity index (χ1) is 13.5. The van der Waals surface area contributed by atoms with E-state index >= 15 is 0 Å². The van der Waals surface area contributed by atoms with Gasteiger partial charge >= 0.3 is 6.03 Å². The van der Waals surface area contributed by atoms with Crippen molar-refractivity contribution in [3.63, 3.8) is 0 Å². The summed E-state index contributed by atoms with van der Waals surface area (Å²) in [5.74, 6) is 0.773. The Hall–Kier alpha value is -3.61. The Kier molecular flexibility index (Phi) is 5.44. The maximum Gasteiger partial charge on any atom is 0.346 e. The third-order valence-electron chi connectivity index (χ3n) is 4.42. The number of benzene rings is 2. The number of nitrogens with one attached hydrogen (secondary N) is 1. The average Bonchev–Trinajstić information content (AvgIpc) is 2.94. The van der Waals surface area contributed by atoms with Crippen LogP contribution in [0.15, 0.2) is 66.3 Å². The SMILES string of the molecule is C=CCOc1ccccc1/C=N\N1C(=O)N[C@](C)(c2ccc(OC)cc2)C1=O. The molecular formula is C21H21N3O4. The number of imide groups is 1. The van der Waals surface area contributed by atoms with Crippen LogP contribution in [0.3, 0.4) is 0 Å². The van der Waals surface area contributed by atoms with Crippen LogP contribution in [-0.4, -0.2) is 36.9 Å². The molecule has 0 spiro atoms. The molecule has 1 fully saturated rings. The van der Waals surface area contributed by atoms with Crippen molar-refractivity contribution in [2.45, 2.75) is 12.5 Å². The summed E-state index contributed by atoms with van der Waals surface area (Å²) in [5.41, 5.74) is 0.0709. The Bertz CT molecular complexity index is 924. The van der Waals surface area contributed by atoms with Gasteiger partial charge in [0, 0.05) is 5.56 Å². The smallest absolute Gasteiger partial charge is 0.346 e. The van der Waals surface area contributed by atoms with Crippen molar-refractivity contribution < 1.29 is 19.1 Å². The molecular weight excluding hydrogens is 358 g/mol. The summed E-state index contributed by atoms with van der Waals surface area (Å²) >= 11 is 0. The van der Waals surface area contributed by atoms with Crippen LogP contribution in [0.2, 0.25) is 0 Å². The third kappa shape index (κ3) is 3.59. The van der Waals surface area contributed by atoms with Crippen molar-refractivity contribution in [2.24, 2.45) is 5.10 Å². The second-order valence-electron chi connectivity index (χ2n) is 6.28. The third-order valence-corrected chi connectivity index (χ3v) is 4.42. The zero-order chi connectivity index (χ0) is 20.1. The van der Waals surface area contributed by atoms with Gasteiger partial charge in [-0.2, -0.15) is 5.10 Å². The fraction of sp³-hybridized carbons (Fsp3) is 0.190. The molecule has 1 aliphatic rings. The van der Waals surface area contributed by atoms with Crippen LogP contribution in [0.4, 0.5) is 4.79 Å². The lowest BCUT2D eigenvalue weighted by atomic mass is 9.92. The number of nitrogens with zero attached hydrogens (tertiary/aromatic N) is 2. The van der Waals surface area contributed by atoms with Gasteiger partial charge in [0.05, 0.1) is 13.3 Å². The Balaban J connectivity index is 1.84. The largest absolute Gasteiger partial charge is 0.497 e. The zero-order valence-electron chi connectivity index (χ0n) is 15.7. The van der Waals surface area contributed by atoms with E-state index in [1.54, 1.807) is 56.5 Å². The fourth-order valence-corrected chi connectivity index (χ4v) is 2.84. The molecule has 0 bridgehead atoms. The van der Waals surface area contributed by atoms with E-state index in [9.17, 15) is 9.59 Å². The average molecular weight is 379 g/mol. The summed E-state index contributed by atoms with van der Waals surface area (Å²) in [6.45, 7) is 5.60. The number of methoxy groups -OCH3 is 1. The number of carbonyl (C=O) groups excluding carboxylic acids is 2. The molecule has 7 nitrogen and oxygen atoms in total. The lowest BCUT2D eigenvalue weighted by Gasteiger charge is -2.21. The number of carbonyl (C=O) groups is 2. The lowest BCUT2D eigenvalue weighted by molar-refractivity contribution is -0.131. The molecule has 7 heteroatoms. The van der Waals surface area contributed by atoms with Gasteiger partial charge in [-0.05, 0) is 36.8 Å². The number of hydrogen-bond donors (Lipinski definition) is 1. The summed E-state index contributed by atoms with van der Waals surface area (Å²) in [7, 11) is 1.56. The van der Waals surface area contributed by atoms with Crippen molar-refractivity contribution >= 4 is 18.2 Å². The molecule has 0 aliphatic carbocycles. The van der Waals surface area contributed by atoms with Crippen LogP contribution in [-0.2, 0) is 10.3 Å². The maximum atomic E-state index is 12.9. The molecule has 0 unspecified atom stereocenters. The van der Waals surface area contributed by atoms with Gasteiger partial charge in [-0.1, -0.05) is 36.9 Å². The fourth-order valence-electron chi connectivity index (χ4n) is 2.84. The number of urea groups is 1. The highest BCUT2D eigenvalue weighted by atomic mass is 16.5. The predicted molar refractivity (Wildman–Crippen MR) is 105 cm³/mol. The number of amides is 3. The number of rotatable bonds is 7. The Labute approximate surface area is 163 Å². The standard InChI is InChI=1S/C21H21N3O4/c1-4-13-28-18-8-6-5-7-15(18)14-22-24-19(25)21(2,23-20(24)26)16-9-11-17(27-3)12-10-16/h4-12,14H,1,13H2,2-3H3,(H,23,26)/b22-14-/t21-/m1/s1. The Morgan fingerprint density at radius 1 is 1.18 bits per heavy atom. The van der Waals surface area contributed by atoms with Gasteiger partial charge in [-0.25, -0.2) is 4.79 Å². The molecule has 1 heterocycles. The lowest BCUT2D eigenvalue weighted by Crippen LogP contribution is -2.40. The second kappa shape index (κ2) is 7.96. The summed E-state index contributed by atoms with van der Waals surface area (Å²) in [6.07, 6.45) is 3.06. The van der Waals surface area contributed by atoms with Crippen LogP contribution in [0.1, 0.15) is 18.1 Å². The van der Waals surface area contributed by atoms with Crippen molar-refractivity contribution in [1.29, 1.82) is 0 Å². The topological polar surface area (TPSA) is 80.2 Å². The van der Waals surface area contributed by atoms with Gasteiger partial charge in [-0.15, -0.1) is 5.01 Å². The van der Waals surface area contributed by atoms with Crippen molar-refractivity contribution in [1.82, 2.24) is 10.3 Å². The molecule has 1 aliphatic heterocycles. The molecule has 2 aromatic carbocycles. The first-order valence-electron chi connectivity index (χ1n) is 8.67. The van der Waals surface area contributed by atoms with Gasteiger partial charge in [-0.3, -0.25) is 4.79 Å². The van der Waals surface area contributed by atoms with Gasteiger partial charge in [0.25, 0.3) is 5.91 Å². The molecule has 1 atom stereocenters. The Morgan fingerprint density at radius 3 is 2.57 bits per heavy atom. The molecule has 3 rings (SSSR count). The van der Waals surface area contributed by atoms with E-state index in [1.807, 2.05) is 12.1 Å². The normalized spacial score (nSPS) is 19.0. The van der Waals surface area contributed by atoms with E-state index in [1.165, 1.54) is 6.21 Å². The minimum absolute atomic E-state index is 0.337. The van der Waals surface area contributed by atoms with Gasteiger partial charge in [0.2, 0.25) is 0 Å². The van der Waals surface area contributed by atoms with E-state index in [-0.39, 0.29) is 0 Å². The van der Waals surface area contributed by atoms with Gasteiger partial charge in [0.15, 0.2) is 0 Å². The number of hydrazone groups is 1. The van der Waals surface area contributed by atoms with Crippen LogP contribution in [0.5, 0.6) is 11.5 Å². The highest BCUT2D eigenvalue weighted by Gasteiger charge is 2.49. The predicted octanol–water partition coefficient (Wildman–Crippen LogP) is 3.06. The summed E-state index contributed by atoms with van der Waals surface area (Å²) < 4.78 is 10.7. The van der Waals surface area contributed by atoms with E-state index in [0.29, 0.717) is 29.2 Å². The molecule has 1 N–H and O–H groups in total. The van der Waals surface area contributed by atoms with E-state index in [0.717, 1.165) is 5.01 Å². The van der Waals surface area contributed by atoms with Crippen LogP contribution in [0, 0.1) is 0 Å². The molecule has 0 aromatic heterocycles. The first kappa shape index (κ1) is 19.2. The van der Waals surface area contributed by atoms with Gasteiger partial charge < -0.3 is 14.8 Å². The highest BCUT2D eigenvalue weighted by molar-refractivity contribution is 6.07.